The molecular weight excluding hydrogens is 294 g/mol. The standard InChI is InChI=1S/C14H18F2N4O2/c15-14(16,7-17)8-18-12(21)9-2-1-3-11(6-9)20-13(22)19-10-4-5-10/h1-3,6,10H,4-5,7-8,17H2,(H,18,21)(H2,19,20,22). The van der Waals surface area contributed by atoms with Gasteiger partial charge in [-0.2, -0.15) is 0 Å². The summed E-state index contributed by atoms with van der Waals surface area (Å²) in [6.45, 7) is -1.67. The number of alkyl halides is 2. The molecule has 1 aliphatic carbocycles. The SMILES string of the molecule is NCC(F)(F)CNC(=O)c1cccc(NC(=O)NC2CC2)c1. The van der Waals surface area contributed by atoms with Crippen molar-refractivity contribution in [3.63, 3.8) is 0 Å². The van der Waals surface area contributed by atoms with Crippen molar-refractivity contribution in [1.29, 1.82) is 0 Å². The molecule has 0 spiro atoms. The van der Waals surface area contributed by atoms with Crippen molar-refractivity contribution >= 4 is 17.6 Å². The molecule has 1 aliphatic rings. The van der Waals surface area contributed by atoms with E-state index in [1.165, 1.54) is 12.1 Å². The number of anilines is 1. The molecule has 0 radical (unpaired) electrons. The highest BCUT2D eigenvalue weighted by atomic mass is 19.3. The van der Waals surface area contributed by atoms with Crippen molar-refractivity contribution < 1.29 is 18.4 Å². The maximum absolute atomic E-state index is 13.0. The first-order chi connectivity index (χ1) is 10.4. The van der Waals surface area contributed by atoms with Crippen molar-refractivity contribution in [2.75, 3.05) is 18.4 Å². The molecule has 1 fully saturated rings. The number of amides is 3. The Bertz CT molecular complexity index is 562. The van der Waals surface area contributed by atoms with E-state index in [0.29, 0.717) is 5.69 Å². The Hall–Kier alpha value is -2.22. The molecule has 8 heteroatoms. The van der Waals surface area contributed by atoms with Gasteiger partial charge in [-0.15, -0.1) is 0 Å². The minimum absolute atomic E-state index is 0.178. The highest BCUT2D eigenvalue weighted by Gasteiger charge is 2.27. The van der Waals surface area contributed by atoms with Crippen molar-refractivity contribution in [1.82, 2.24) is 10.6 Å². The maximum atomic E-state index is 13.0. The zero-order valence-corrected chi connectivity index (χ0v) is 11.9. The van der Waals surface area contributed by atoms with E-state index in [1.807, 2.05) is 0 Å². The number of hydrogen-bond acceptors (Lipinski definition) is 3. The van der Waals surface area contributed by atoms with Crippen LogP contribution in [0.4, 0.5) is 19.3 Å². The molecule has 5 N–H and O–H groups in total. The minimum atomic E-state index is -3.14. The first kappa shape index (κ1) is 16.2. The van der Waals surface area contributed by atoms with Gasteiger partial charge in [0, 0.05) is 17.3 Å². The summed E-state index contributed by atoms with van der Waals surface area (Å²) in [6.07, 6.45) is 1.93. The molecule has 0 unspecified atom stereocenters. The monoisotopic (exact) mass is 312 g/mol. The summed E-state index contributed by atoms with van der Waals surface area (Å²) in [5.41, 5.74) is 5.49. The van der Waals surface area contributed by atoms with E-state index in [0.717, 1.165) is 12.8 Å². The lowest BCUT2D eigenvalue weighted by atomic mass is 10.2. The van der Waals surface area contributed by atoms with Gasteiger partial charge in [0.15, 0.2) is 0 Å². The summed E-state index contributed by atoms with van der Waals surface area (Å²) in [5.74, 6) is -3.80. The van der Waals surface area contributed by atoms with Crippen LogP contribution in [0.25, 0.3) is 0 Å². The second-order valence-electron chi connectivity index (χ2n) is 5.20. The third-order valence-corrected chi connectivity index (χ3v) is 3.10. The summed E-state index contributed by atoms with van der Waals surface area (Å²) >= 11 is 0. The molecule has 6 nitrogen and oxygen atoms in total. The normalized spacial score (nSPS) is 14.3. The summed E-state index contributed by atoms with van der Waals surface area (Å²) < 4.78 is 26.0. The molecule has 0 saturated heterocycles. The lowest BCUT2D eigenvalue weighted by Gasteiger charge is -2.14. The molecule has 22 heavy (non-hydrogen) atoms. The van der Waals surface area contributed by atoms with Crippen molar-refractivity contribution in [3.8, 4) is 0 Å². The van der Waals surface area contributed by atoms with Crippen LogP contribution >= 0.6 is 0 Å². The quantitative estimate of drug-likeness (QED) is 0.637. The Kier molecular flexibility index (Phi) is 4.92. The molecule has 1 saturated carbocycles. The zero-order valence-electron chi connectivity index (χ0n) is 11.9. The topological polar surface area (TPSA) is 96.2 Å². The van der Waals surface area contributed by atoms with Gasteiger partial charge in [-0.1, -0.05) is 6.07 Å². The fourth-order valence-electron chi connectivity index (χ4n) is 1.70. The van der Waals surface area contributed by atoms with Crippen LogP contribution in [0.3, 0.4) is 0 Å². The molecule has 0 bridgehead atoms. The van der Waals surface area contributed by atoms with Gasteiger partial charge in [0.25, 0.3) is 11.8 Å². The number of halogens is 2. The van der Waals surface area contributed by atoms with Crippen molar-refractivity contribution in [2.45, 2.75) is 24.8 Å². The first-order valence-electron chi connectivity index (χ1n) is 6.93. The van der Waals surface area contributed by atoms with Crippen LogP contribution in [0.5, 0.6) is 0 Å². The van der Waals surface area contributed by atoms with Gasteiger partial charge < -0.3 is 21.7 Å². The van der Waals surface area contributed by atoms with Crippen LogP contribution in [0.1, 0.15) is 23.2 Å². The van der Waals surface area contributed by atoms with Crippen molar-refractivity contribution in [3.05, 3.63) is 29.8 Å². The number of urea groups is 1. The van der Waals surface area contributed by atoms with Crippen LogP contribution in [-0.2, 0) is 0 Å². The van der Waals surface area contributed by atoms with Gasteiger partial charge >= 0.3 is 6.03 Å². The van der Waals surface area contributed by atoms with Crippen molar-refractivity contribution in [2.24, 2.45) is 5.73 Å². The third-order valence-electron chi connectivity index (χ3n) is 3.10. The molecule has 0 heterocycles. The second kappa shape index (κ2) is 6.69. The molecule has 0 aliphatic heterocycles. The largest absolute Gasteiger partial charge is 0.346 e. The highest BCUT2D eigenvalue weighted by molar-refractivity contribution is 5.97. The average molecular weight is 312 g/mol. The van der Waals surface area contributed by atoms with Gasteiger partial charge in [-0.3, -0.25) is 4.79 Å². The lowest BCUT2D eigenvalue weighted by Crippen LogP contribution is -2.41. The number of carbonyl (C=O) groups is 2. The smallest absolute Gasteiger partial charge is 0.319 e. The number of nitrogens with two attached hydrogens (primary N) is 1. The zero-order chi connectivity index (χ0) is 16.2. The Morgan fingerprint density at radius 3 is 2.68 bits per heavy atom. The van der Waals surface area contributed by atoms with Crippen LogP contribution in [0.2, 0.25) is 0 Å². The van der Waals surface area contributed by atoms with E-state index in [1.54, 1.807) is 12.1 Å². The fraction of sp³-hybridized carbons (Fsp3) is 0.429. The maximum Gasteiger partial charge on any atom is 0.319 e. The summed E-state index contributed by atoms with van der Waals surface area (Å²) in [6, 6.07) is 5.92. The molecule has 120 valence electrons. The van der Waals surface area contributed by atoms with E-state index in [4.69, 9.17) is 5.73 Å². The number of nitrogens with one attached hydrogen (secondary N) is 3. The number of rotatable bonds is 6. The molecule has 1 aromatic carbocycles. The van der Waals surface area contributed by atoms with E-state index in [-0.39, 0.29) is 17.6 Å². The Morgan fingerprint density at radius 1 is 1.32 bits per heavy atom. The molecule has 2 rings (SSSR count). The fourth-order valence-corrected chi connectivity index (χ4v) is 1.70. The van der Waals surface area contributed by atoms with Crippen LogP contribution < -0.4 is 21.7 Å². The van der Waals surface area contributed by atoms with Gasteiger partial charge in [0.1, 0.15) is 0 Å². The second-order valence-corrected chi connectivity index (χ2v) is 5.20. The van der Waals surface area contributed by atoms with E-state index in [2.05, 4.69) is 16.0 Å². The van der Waals surface area contributed by atoms with E-state index < -0.39 is 24.9 Å². The van der Waals surface area contributed by atoms with Gasteiger partial charge in [0.05, 0.1) is 13.1 Å². The molecular formula is C14H18F2N4O2. The average Bonchev–Trinajstić information content (AvgIpc) is 3.29. The molecule has 0 aromatic heterocycles. The first-order valence-corrected chi connectivity index (χ1v) is 6.93. The summed E-state index contributed by atoms with van der Waals surface area (Å²) in [4.78, 5) is 23.4. The molecule has 3 amide bonds. The molecule has 0 atom stereocenters. The minimum Gasteiger partial charge on any atom is -0.346 e. The Labute approximate surface area is 126 Å². The Morgan fingerprint density at radius 2 is 2.05 bits per heavy atom. The van der Waals surface area contributed by atoms with Gasteiger partial charge in [-0.25, -0.2) is 13.6 Å². The third kappa shape index (κ3) is 4.96. The molecule has 1 aromatic rings. The predicted molar refractivity (Wildman–Crippen MR) is 78.0 cm³/mol. The number of carbonyl (C=O) groups excluding carboxylic acids is 2. The summed E-state index contributed by atoms with van der Waals surface area (Å²) in [5, 5.41) is 7.45. The van der Waals surface area contributed by atoms with E-state index >= 15 is 0 Å². The highest BCUT2D eigenvalue weighted by Crippen LogP contribution is 2.19. The number of hydrogen-bond donors (Lipinski definition) is 4. The van der Waals surface area contributed by atoms with Gasteiger partial charge in [0.2, 0.25) is 0 Å². The predicted octanol–water partition coefficient (Wildman–Crippen LogP) is 1.29. The van der Waals surface area contributed by atoms with Crippen LogP contribution in [0.15, 0.2) is 24.3 Å². The van der Waals surface area contributed by atoms with Gasteiger partial charge in [-0.05, 0) is 31.0 Å². The lowest BCUT2D eigenvalue weighted by molar-refractivity contribution is 0.0118. The number of benzene rings is 1. The Balaban J connectivity index is 1.92. The van der Waals surface area contributed by atoms with Crippen LogP contribution in [-0.4, -0.2) is 37.0 Å². The summed E-state index contributed by atoms with van der Waals surface area (Å²) in [7, 11) is 0. The van der Waals surface area contributed by atoms with Crippen LogP contribution in [0, 0.1) is 0 Å². The van der Waals surface area contributed by atoms with E-state index in [9.17, 15) is 18.4 Å².